The number of carbonyl (C=O) groups is 1. The number of piperidine rings is 1. The van der Waals surface area contributed by atoms with E-state index in [-0.39, 0.29) is 11.9 Å². The van der Waals surface area contributed by atoms with Crippen LogP contribution in [0.4, 0.5) is 0 Å². The summed E-state index contributed by atoms with van der Waals surface area (Å²) in [5, 5.41) is 0. The minimum atomic E-state index is -3.28. The molecular weight excluding hydrogens is 352 g/mol. The molecule has 1 N–H and O–H groups in total. The number of carbonyl (C=O) groups excluding carboxylic acids is 1. The molecule has 1 aliphatic heterocycles. The van der Waals surface area contributed by atoms with Gasteiger partial charge in [0.25, 0.3) is 5.91 Å². The van der Waals surface area contributed by atoms with Crippen molar-refractivity contribution in [3.8, 4) is 0 Å². The molecule has 1 saturated carbocycles. The Kier molecular flexibility index (Phi) is 4.27. The van der Waals surface area contributed by atoms with Crippen LogP contribution in [0.2, 0.25) is 0 Å². The molecule has 1 atom stereocenters. The predicted molar refractivity (Wildman–Crippen MR) is 98.8 cm³/mol. The van der Waals surface area contributed by atoms with E-state index >= 15 is 0 Å². The van der Waals surface area contributed by atoms with Crippen LogP contribution < -0.4 is 4.72 Å². The summed E-state index contributed by atoms with van der Waals surface area (Å²) in [5.41, 5.74) is 2.58. The van der Waals surface area contributed by atoms with Crippen molar-refractivity contribution < 1.29 is 13.2 Å². The van der Waals surface area contributed by atoms with E-state index in [0.717, 1.165) is 49.0 Å². The number of sulfonamides is 1. The number of hydrogen-bond donors (Lipinski definition) is 1. The number of rotatable bonds is 4. The molecule has 0 unspecified atom stereocenters. The Morgan fingerprint density at radius 1 is 1.27 bits per heavy atom. The standard InChI is InChI=1S/C18H24N4O3S/c1-12-16(8-7-15-10-19-17(22(12)15)13-5-6-13)18(23)21-9-3-4-14(11-21)20-26(2,24)25/h7-8,10,13-14,20H,3-6,9,11H2,1-2H3/t14-/m0/s1. The predicted octanol–water partition coefficient (Wildman–Crippen LogP) is 1.67. The maximum absolute atomic E-state index is 13.1. The molecule has 1 saturated heterocycles. The summed E-state index contributed by atoms with van der Waals surface area (Å²) in [4.78, 5) is 19.4. The first-order valence-electron chi connectivity index (χ1n) is 9.07. The quantitative estimate of drug-likeness (QED) is 0.880. The molecule has 140 valence electrons. The van der Waals surface area contributed by atoms with Gasteiger partial charge in [-0.05, 0) is 44.7 Å². The van der Waals surface area contributed by atoms with Gasteiger partial charge in [0.1, 0.15) is 5.82 Å². The molecule has 1 aliphatic carbocycles. The summed E-state index contributed by atoms with van der Waals surface area (Å²) in [5.74, 6) is 1.50. The molecule has 2 aliphatic rings. The molecule has 0 radical (unpaired) electrons. The molecule has 8 heteroatoms. The molecule has 0 aromatic carbocycles. The van der Waals surface area contributed by atoms with Crippen LogP contribution in [0.1, 0.15) is 53.5 Å². The maximum Gasteiger partial charge on any atom is 0.255 e. The van der Waals surface area contributed by atoms with Crippen molar-refractivity contribution in [2.24, 2.45) is 0 Å². The first-order valence-corrected chi connectivity index (χ1v) is 11.0. The van der Waals surface area contributed by atoms with E-state index in [4.69, 9.17) is 0 Å². The van der Waals surface area contributed by atoms with Crippen molar-refractivity contribution in [2.45, 2.75) is 44.6 Å². The van der Waals surface area contributed by atoms with Crippen molar-refractivity contribution in [3.63, 3.8) is 0 Å². The lowest BCUT2D eigenvalue weighted by molar-refractivity contribution is 0.0701. The highest BCUT2D eigenvalue weighted by molar-refractivity contribution is 7.88. The fourth-order valence-electron chi connectivity index (χ4n) is 3.86. The molecule has 2 fully saturated rings. The van der Waals surface area contributed by atoms with Crippen molar-refractivity contribution in [3.05, 3.63) is 35.4 Å². The van der Waals surface area contributed by atoms with Gasteiger partial charge in [-0.25, -0.2) is 18.1 Å². The Bertz CT molecular complexity index is 962. The van der Waals surface area contributed by atoms with Crippen LogP contribution >= 0.6 is 0 Å². The van der Waals surface area contributed by atoms with Gasteiger partial charge in [0, 0.05) is 30.7 Å². The van der Waals surface area contributed by atoms with Crippen molar-refractivity contribution in [1.82, 2.24) is 19.0 Å². The van der Waals surface area contributed by atoms with E-state index in [1.54, 1.807) is 4.90 Å². The molecule has 26 heavy (non-hydrogen) atoms. The molecule has 4 rings (SSSR count). The van der Waals surface area contributed by atoms with Crippen LogP contribution in [0.15, 0.2) is 18.3 Å². The van der Waals surface area contributed by atoms with Crippen LogP contribution in [0.25, 0.3) is 5.52 Å². The summed E-state index contributed by atoms with van der Waals surface area (Å²) >= 11 is 0. The number of pyridine rings is 1. The van der Waals surface area contributed by atoms with E-state index in [1.807, 2.05) is 25.3 Å². The molecule has 1 amide bonds. The third-order valence-corrected chi connectivity index (χ3v) is 5.99. The minimum Gasteiger partial charge on any atom is -0.337 e. The van der Waals surface area contributed by atoms with Crippen molar-refractivity contribution in [1.29, 1.82) is 0 Å². The van der Waals surface area contributed by atoms with Crippen molar-refractivity contribution >= 4 is 21.4 Å². The zero-order valence-electron chi connectivity index (χ0n) is 15.1. The number of aromatic nitrogens is 2. The van der Waals surface area contributed by atoms with E-state index in [0.29, 0.717) is 24.6 Å². The normalized spacial score (nSPS) is 21.3. The maximum atomic E-state index is 13.1. The first kappa shape index (κ1) is 17.5. The van der Waals surface area contributed by atoms with Gasteiger partial charge in [-0.1, -0.05) is 0 Å². The molecule has 0 bridgehead atoms. The summed E-state index contributed by atoms with van der Waals surface area (Å²) in [6.45, 7) is 3.02. The number of amides is 1. The molecule has 3 heterocycles. The monoisotopic (exact) mass is 376 g/mol. The second-order valence-electron chi connectivity index (χ2n) is 7.46. The van der Waals surface area contributed by atoms with Crippen molar-refractivity contribution in [2.75, 3.05) is 19.3 Å². The lowest BCUT2D eigenvalue weighted by Crippen LogP contribution is -2.49. The number of nitrogens with zero attached hydrogens (tertiary/aromatic N) is 3. The smallest absolute Gasteiger partial charge is 0.255 e. The first-order chi connectivity index (χ1) is 12.3. The number of fused-ring (bicyclic) bond motifs is 1. The topological polar surface area (TPSA) is 83.8 Å². The van der Waals surface area contributed by atoms with E-state index < -0.39 is 10.0 Å². The highest BCUT2D eigenvalue weighted by atomic mass is 32.2. The Morgan fingerprint density at radius 2 is 2.04 bits per heavy atom. The fourth-order valence-corrected chi connectivity index (χ4v) is 4.66. The van der Waals surface area contributed by atoms with E-state index in [9.17, 15) is 13.2 Å². The zero-order valence-corrected chi connectivity index (χ0v) is 15.9. The molecule has 0 spiro atoms. The average Bonchev–Trinajstić information content (AvgIpc) is 3.32. The van der Waals surface area contributed by atoms with Gasteiger partial charge >= 0.3 is 0 Å². The van der Waals surface area contributed by atoms with Gasteiger partial charge in [0.2, 0.25) is 10.0 Å². The summed E-state index contributed by atoms with van der Waals surface area (Å²) < 4.78 is 27.7. The Morgan fingerprint density at radius 3 is 2.73 bits per heavy atom. The highest BCUT2D eigenvalue weighted by Gasteiger charge is 2.30. The second-order valence-corrected chi connectivity index (χ2v) is 9.24. The van der Waals surface area contributed by atoms with Gasteiger partial charge in [-0.15, -0.1) is 0 Å². The van der Waals surface area contributed by atoms with Gasteiger partial charge in [-0.3, -0.25) is 9.20 Å². The van der Waals surface area contributed by atoms with Gasteiger partial charge in [0.05, 0.1) is 23.5 Å². The van der Waals surface area contributed by atoms with Gasteiger partial charge in [0.15, 0.2) is 0 Å². The Labute approximate surface area is 153 Å². The molecule has 2 aromatic heterocycles. The van der Waals surface area contributed by atoms with Crippen LogP contribution in [0, 0.1) is 6.92 Å². The van der Waals surface area contributed by atoms with Crippen LogP contribution in [-0.2, 0) is 10.0 Å². The molecule has 2 aromatic rings. The third kappa shape index (κ3) is 3.35. The number of hydrogen-bond acceptors (Lipinski definition) is 4. The lowest BCUT2D eigenvalue weighted by atomic mass is 10.0. The van der Waals surface area contributed by atoms with Gasteiger partial charge in [-0.2, -0.15) is 0 Å². The zero-order chi connectivity index (χ0) is 18.5. The SMILES string of the molecule is Cc1c(C(=O)N2CCC[C@H](NS(C)(=O)=O)C2)ccc2cnc(C3CC3)n12. The average molecular weight is 376 g/mol. The number of likely N-dealkylation sites (tertiary alicyclic amines) is 1. The second kappa shape index (κ2) is 6.35. The largest absolute Gasteiger partial charge is 0.337 e. The van der Waals surface area contributed by atoms with E-state index in [2.05, 4.69) is 14.1 Å². The number of aryl methyl sites for hydroxylation is 1. The minimum absolute atomic E-state index is 0.0418. The van der Waals surface area contributed by atoms with Crippen LogP contribution in [0.5, 0.6) is 0 Å². The Hall–Kier alpha value is -1.93. The number of nitrogens with one attached hydrogen (secondary N) is 1. The Balaban J connectivity index is 1.61. The lowest BCUT2D eigenvalue weighted by Gasteiger charge is -2.33. The van der Waals surface area contributed by atoms with Crippen LogP contribution in [0.3, 0.4) is 0 Å². The summed E-state index contributed by atoms with van der Waals surface area (Å²) in [7, 11) is -3.28. The number of imidazole rings is 1. The molecule has 7 nitrogen and oxygen atoms in total. The third-order valence-electron chi connectivity index (χ3n) is 5.22. The highest BCUT2D eigenvalue weighted by Crippen LogP contribution is 2.40. The fraction of sp³-hybridized carbons (Fsp3) is 0.556. The van der Waals surface area contributed by atoms with Crippen LogP contribution in [-0.4, -0.2) is 54.0 Å². The van der Waals surface area contributed by atoms with E-state index in [1.165, 1.54) is 0 Å². The summed E-state index contributed by atoms with van der Waals surface area (Å²) in [6, 6.07) is 3.58. The van der Waals surface area contributed by atoms with Gasteiger partial charge < -0.3 is 4.90 Å². The summed E-state index contributed by atoms with van der Waals surface area (Å²) in [6.07, 6.45) is 6.87. The molecular formula is C18H24N4O3S.